The second-order valence-electron chi connectivity index (χ2n) is 3.17. The molecule has 1 rings (SSSR count). The number of carbonyl (C=O) groups is 2. The van der Waals surface area contributed by atoms with Crippen LogP contribution < -0.4 is 5.32 Å². The first-order chi connectivity index (χ1) is 7.10. The summed E-state index contributed by atoms with van der Waals surface area (Å²) in [5.41, 5.74) is 0. The maximum atomic E-state index is 11.7. The first-order valence-corrected chi connectivity index (χ1v) is 5.65. The highest BCUT2D eigenvalue weighted by Crippen LogP contribution is 2.27. The average molecular weight is 229 g/mol. The topological polar surface area (TPSA) is 61.8 Å². The lowest BCUT2D eigenvalue weighted by atomic mass is 10.2. The summed E-state index contributed by atoms with van der Waals surface area (Å²) in [6, 6.07) is 0. The summed E-state index contributed by atoms with van der Waals surface area (Å²) in [5.74, 6) is -0.138. The molecular formula is C9H15N3O2S. The number of aliphatic imine (C=N–C) groups is 1. The summed E-state index contributed by atoms with van der Waals surface area (Å²) in [5, 5.41) is 3.03. The molecule has 0 aliphatic carbocycles. The quantitative estimate of drug-likeness (QED) is 0.745. The van der Waals surface area contributed by atoms with Gasteiger partial charge < -0.3 is 5.32 Å². The number of rotatable bonds is 3. The maximum absolute atomic E-state index is 11.7. The first-order valence-electron chi connectivity index (χ1n) is 4.77. The van der Waals surface area contributed by atoms with Crippen LogP contribution >= 0.6 is 11.8 Å². The molecule has 1 N–H and O–H groups in total. The molecule has 0 spiro atoms. The van der Waals surface area contributed by atoms with Crippen LogP contribution in [0.25, 0.3) is 0 Å². The van der Waals surface area contributed by atoms with Gasteiger partial charge in [-0.1, -0.05) is 11.8 Å². The number of thioether (sulfide) groups is 1. The lowest BCUT2D eigenvalue weighted by molar-refractivity contribution is -0.128. The zero-order valence-corrected chi connectivity index (χ0v) is 9.93. The molecule has 0 radical (unpaired) electrons. The predicted molar refractivity (Wildman–Crippen MR) is 60.8 cm³/mol. The van der Waals surface area contributed by atoms with Crippen molar-refractivity contribution < 1.29 is 9.59 Å². The summed E-state index contributed by atoms with van der Waals surface area (Å²) < 4.78 is 0. The van der Waals surface area contributed by atoms with Crippen molar-refractivity contribution in [2.75, 3.05) is 20.6 Å². The molecule has 0 aromatic heterocycles. The van der Waals surface area contributed by atoms with Crippen LogP contribution in [0.15, 0.2) is 4.99 Å². The van der Waals surface area contributed by atoms with Crippen molar-refractivity contribution in [1.82, 2.24) is 10.2 Å². The van der Waals surface area contributed by atoms with Crippen LogP contribution in [0.2, 0.25) is 0 Å². The van der Waals surface area contributed by atoms with Gasteiger partial charge >= 0.3 is 0 Å². The zero-order valence-electron chi connectivity index (χ0n) is 9.11. The van der Waals surface area contributed by atoms with Crippen LogP contribution in [0.4, 0.5) is 0 Å². The van der Waals surface area contributed by atoms with E-state index < -0.39 is 0 Å². The molecule has 1 heterocycles. The molecule has 1 aliphatic rings. The number of nitrogens with one attached hydrogen (secondary N) is 1. The van der Waals surface area contributed by atoms with Gasteiger partial charge in [0, 0.05) is 27.1 Å². The molecule has 5 nitrogen and oxygen atoms in total. The maximum Gasteiger partial charge on any atom is 0.242 e. The number of nitrogens with zero attached hydrogens (tertiary/aromatic N) is 2. The molecule has 2 amide bonds. The molecule has 1 fully saturated rings. The summed E-state index contributed by atoms with van der Waals surface area (Å²) >= 11 is 1.35. The standard InChI is InChI=1S/C9H15N3O2S/c1-4-11-7(13)5-6-8(14)12(3)9(10-2)15-6/h6H,4-5H2,1-3H3,(H,11,13). The van der Waals surface area contributed by atoms with Gasteiger partial charge in [0.25, 0.3) is 0 Å². The molecule has 84 valence electrons. The predicted octanol–water partition coefficient (Wildman–Crippen LogP) is 0.0722. The molecule has 0 saturated carbocycles. The third kappa shape index (κ3) is 2.71. The second-order valence-corrected chi connectivity index (χ2v) is 4.34. The normalized spacial score (nSPS) is 23.7. The minimum atomic E-state index is -0.319. The Morgan fingerprint density at radius 3 is 2.80 bits per heavy atom. The Bertz CT molecular complexity index is 304. The van der Waals surface area contributed by atoms with Crippen molar-refractivity contribution in [2.45, 2.75) is 18.6 Å². The van der Waals surface area contributed by atoms with Crippen LogP contribution in [-0.2, 0) is 9.59 Å². The van der Waals surface area contributed by atoms with Crippen LogP contribution in [0.3, 0.4) is 0 Å². The number of hydrogen-bond donors (Lipinski definition) is 1. The van der Waals surface area contributed by atoms with Gasteiger partial charge in [-0.15, -0.1) is 0 Å². The Morgan fingerprint density at radius 2 is 2.33 bits per heavy atom. The number of carbonyl (C=O) groups excluding carboxylic acids is 2. The van der Waals surface area contributed by atoms with Crippen molar-refractivity contribution in [3.63, 3.8) is 0 Å². The Hall–Kier alpha value is -1.04. The Kier molecular flexibility index (Phi) is 4.14. The first kappa shape index (κ1) is 12.0. The van der Waals surface area contributed by atoms with Gasteiger partial charge in [-0.25, -0.2) is 0 Å². The molecule has 0 bridgehead atoms. The van der Waals surface area contributed by atoms with Gasteiger partial charge in [0.15, 0.2) is 5.17 Å². The van der Waals surface area contributed by atoms with E-state index in [1.165, 1.54) is 16.7 Å². The lowest BCUT2D eigenvalue weighted by Gasteiger charge is -2.08. The van der Waals surface area contributed by atoms with E-state index in [1.54, 1.807) is 14.1 Å². The number of amidine groups is 1. The summed E-state index contributed by atoms with van der Waals surface area (Å²) in [6.07, 6.45) is 0.223. The van der Waals surface area contributed by atoms with Gasteiger partial charge in [0.1, 0.15) is 5.25 Å². The summed E-state index contributed by atoms with van der Waals surface area (Å²) in [6.45, 7) is 2.45. The zero-order chi connectivity index (χ0) is 11.4. The van der Waals surface area contributed by atoms with E-state index in [0.29, 0.717) is 11.7 Å². The second kappa shape index (κ2) is 5.16. The van der Waals surface area contributed by atoms with Gasteiger partial charge in [0.05, 0.1) is 0 Å². The molecular weight excluding hydrogens is 214 g/mol. The highest BCUT2D eigenvalue weighted by Gasteiger charge is 2.36. The third-order valence-corrected chi connectivity index (χ3v) is 3.40. The lowest BCUT2D eigenvalue weighted by Crippen LogP contribution is -2.32. The minimum absolute atomic E-state index is 0.0492. The van der Waals surface area contributed by atoms with Gasteiger partial charge in [-0.05, 0) is 6.92 Å². The van der Waals surface area contributed by atoms with Gasteiger partial charge in [-0.2, -0.15) is 0 Å². The largest absolute Gasteiger partial charge is 0.356 e. The molecule has 6 heteroatoms. The number of amides is 2. The van der Waals surface area contributed by atoms with Crippen LogP contribution in [-0.4, -0.2) is 47.8 Å². The van der Waals surface area contributed by atoms with E-state index in [-0.39, 0.29) is 23.5 Å². The molecule has 0 aromatic rings. The summed E-state index contributed by atoms with van der Waals surface area (Å²) in [7, 11) is 3.32. The van der Waals surface area contributed by atoms with Crippen LogP contribution in [0.5, 0.6) is 0 Å². The van der Waals surface area contributed by atoms with E-state index in [2.05, 4.69) is 10.3 Å². The summed E-state index contributed by atoms with van der Waals surface area (Å²) in [4.78, 5) is 28.4. The van der Waals surface area contributed by atoms with Gasteiger partial charge in [-0.3, -0.25) is 19.5 Å². The van der Waals surface area contributed by atoms with Crippen LogP contribution in [0, 0.1) is 0 Å². The van der Waals surface area contributed by atoms with E-state index in [9.17, 15) is 9.59 Å². The van der Waals surface area contributed by atoms with Gasteiger partial charge in [0.2, 0.25) is 11.8 Å². The molecule has 1 unspecified atom stereocenters. The van der Waals surface area contributed by atoms with Crippen LogP contribution in [0.1, 0.15) is 13.3 Å². The Balaban J connectivity index is 2.59. The van der Waals surface area contributed by atoms with Crippen molar-refractivity contribution in [1.29, 1.82) is 0 Å². The SMILES string of the molecule is CCNC(=O)CC1SC(=NC)N(C)C1=O. The molecule has 15 heavy (non-hydrogen) atoms. The molecule has 0 aromatic carbocycles. The van der Waals surface area contributed by atoms with E-state index in [0.717, 1.165) is 0 Å². The van der Waals surface area contributed by atoms with E-state index in [1.807, 2.05) is 6.92 Å². The highest BCUT2D eigenvalue weighted by molar-refractivity contribution is 8.15. The molecule has 1 atom stereocenters. The fourth-order valence-electron chi connectivity index (χ4n) is 1.34. The van der Waals surface area contributed by atoms with Crippen molar-refractivity contribution in [3.8, 4) is 0 Å². The average Bonchev–Trinajstić information content (AvgIpc) is 2.46. The fourth-order valence-corrected chi connectivity index (χ4v) is 2.44. The molecule has 1 saturated heterocycles. The monoisotopic (exact) mass is 229 g/mol. The number of hydrogen-bond acceptors (Lipinski definition) is 4. The third-order valence-electron chi connectivity index (χ3n) is 2.08. The Labute approximate surface area is 93.3 Å². The minimum Gasteiger partial charge on any atom is -0.356 e. The molecule has 1 aliphatic heterocycles. The van der Waals surface area contributed by atoms with Crippen molar-refractivity contribution in [2.24, 2.45) is 4.99 Å². The van der Waals surface area contributed by atoms with Crippen molar-refractivity contribution in [3.05, 3.63) is 0 Å². The smallest absolute Gasteiger partial charge is 0.242 e. The highest BCUT2D eigenvalue weighted by atomic mass is 32.2. The fraction of sp³-hybridized carbons (Fsp3) is 0.667. The Morgan fingerprint density at radius 1 is 1.67 bits per heavy atom. The van der Waals surface area contributed by atoms with Crippen molar-refractivity contribution >= 4 is 28.7 Å². The van der Waals surface area contributed by atoms with E-state index >= 15 is 0 Å². The van der Waals surface area contributed by atoms with E-state index in [4.69, 9.17) is 0 Å².